The van der Waals surface area contributed by atoms with Crippen molar-refractivity contribution < 1.29 is 61.2 Å². The molecule has 2 saturated heterocycles. The third-order valence-electron chi connectivity index (χ3n) is 13.8. The number of aromatic nitrogens is 2. The number of aromatic hydroxyl groups is 2. The lowest BCUT2D eigenvalue weighted by atomic mass is 10.0. The largest absolute Gasteiger partial charge is 0.492 e. The Morgan fingerprint density at radius 2 is 1.51 bits per heavy atom. The molecule has 6 rings (SSSR count). The van der Waals surface area contributed by atoms with Crippen molar-refractivity contribution >= 4 is 74.3 Å². The van der Waals surface area contributed by atoms with Crippen LogP contribution in [-0.4, -0.2) is 150 Å². The number of thioether (sulfide) groups is 1. The van der Waals surface area contributed by atoms with E-state index in [9.17, 15) is 47.4 Å². The van der Waals surface area contributed by atoms with Gasteiger partial charge < -0.3 is 56.3 Å². The number of hydrogen-bond acceptors (Lipinski definition) is 15. The summed E-state index contributed by atoms with van der Waals surface area (Å²) in [6.45, 7) is 4.60. The van der Waals surface area contributed by atoms with Gasteiger partial charge in [0.25, 0.3) is 10.1 Å². The molecule has 2 fully saturated rings. The molecule has 23 nitrogen and oxygen atoms in total. The zero-order valence-electron chi connectivity index (χ0n) is 44.6. The molecule has 4 aliphatic rings. The molecule has 0 radical (unpaired) electrons. The topological polar surface area (TPSA) is 316 Å². The highest BCUT2D eigenvalue weighted by Crippen LogP contribution is 2.33. The number of fused-ring (bicyclic) bond motifs is 3. The first-order chi connectivity index (χ1) is 37.5. The van der Waals surface area contributed by atoms with Crippen LogP contribution in [0.3, 0.4) is 0 Å². The molecular weight excluding hydrogens is 1050 g/mol. The van der Waals surface area contributed by atoms with Gasteiger partial charge in [-0.2, -0.15) is 20.2 Å². The highest BCUT2D eigenvalue weighted by molar-refractivity contribution is 8.00. The summed E-state index contributed by atoms with van der Waals surface area (Å²) in [7, 11) is -2.18. The molecule has 0 spiro atoms. The Morgan fingerprint density at radius 1 is 0.833 bits per heavy atom. The SMILES string of the molecule is CCN(CCCS(=O)(=O)O)c1ccc2nc3ccc(=[N+](C)CCC(=O)NCCCC[C@H](NC(=O)CCCCCNC(=O)CCCCC4SC[C@@H]5NC(=O)N[C@H]45)C(=O)NCCCCCC(=O)On4c(O)ccc4O)cc-3oc2c1. The molecular formula is C53H77N10O13S2+. The first-order valence-electron chi connectivity index (χ1n) is 27.1. The number of carbonyl (C=O) groups is 6. The number of rotatable bonds is 34. The number of nitrogens with zero attached hydrogens (tertiary/aromatic N) is 4. The van der Waals surface area contributed by atoms with Gasteiger partial charge in [0.1, 0.15) is 24.3 Å². The van der Waals surface area contributed by atoms with E-state index >= 15 is 0 Å². The van der Waals surface area contributed by atoms with Gasteiger partial charge in [0, 0.05) is 92.9 Å². The number of urea groups is 1. The van der Waals surface area contributed by atoms with E-state index in [1.807, 2.05) is 71.6 Å². The van der Waals surface area contributed by atoms with Crippen LogP contribution in [0.1, 0.15) is 116 Å². The van der Waals surface area contributed by atoms with Gasteiger partial charge in [-0.25, -0.2) is 19.1 Å². The van der Waals surface area contributed by atoms with Gasteiger partial charge in [0.15, 0.2) is 17.9 Å². The molecule has 25 heteroatoms. The monoisotopic (exact) mass is 1130 g/mol. The molecule has 3 aliphatic heterocycles. The average Bonchev–Trinajstić information content (AvgIpc) is 4.12. The third kappa shape index (κ3) is 19.7. The van der Waals surface area contributed by atoms with Crippen molar-refractivity contribution in [3.63, 3.8) is 0 Å². The van der Waals surface area contributed by atoms with Gasteiger partial charge in [0.05, 0.1) is 30.3 Å². The quantitative estimate of drug-likeness (QED) is 0.0106. The zero-order valence-corrected chi connectivity index (χ0v) is 46.3. The minimum atomic E-state index is -4.05. The van der Waals surface area contributed by atoms with Crippen molar-refractivity contribution in [2.75, 3.05) is 62.7 Å². The van der Waals surface area contributed by atoms with Gasteiger partial charge in [-0.3, -0.25) is 23.7 Å². The minimum absolute atomic E-state index is 0.00388. The Balaban J connectivity index is 0.904. The molecule has 0 bridgehead atoms. The summed E-state index contributed by atoms with van der Waals surface area (Å²) in [6, 6.07) is 13.0. The van der Waals surface area contributed by atoms with Crippen molar-refractivity contribution in [2.45, 2.75) is 139 Å². The van der Waals surface area contributed by atoms with Crippen molar-refractivity contribution in [2.24, 2.45) is 0 Å². The van der Waals surface area contributed by atoms with E-state index in [2.05, 4.69) is 31.9 Å². The molecule has 6 amide bonds. The summed E-state index contributed by atoms with van der Waals surface area (Å²) in [5.74, 6) is -1.09. The number of anilines is 1. The molecule has 78 heavy (non-hydrogen) atoms. The van der Waals surface area contributed by atoms with E-state index in [1.54, 1.807) is 0 Å². The number of unbranched alkanes of at least 4 members (excludes halogenated alkanes) is 6. The Labute approximate surface area is 459 Å². The lowest BCUT2D eigenvalue weighted by molar-refractivity contribution is -0.145. The van der Waals surface area contributed by atoms with Crippen LogP contribution < -0.4 is 51.6 Å². The number of hydrogen-bond donors (Lipinski definition) is 9. The van der Waals surface area contributed by atoms with E-state index in [1.165, 1.54) is 12.1 Å². The van der Waals surface area contributed by atoms with Gasteiger partial charge in [-0.15, -0.1) is 4.73 Å². The third-order valence-corrected chi connectivity index (χ3v) is 16.1. The highest BCUT2D eigenvalue weighted by Gasteiger charge is 2.42. The minimum Gasteiger partial charge on any atom is -0.492 e. The number of nitrogens with one attached hydrogen (secondary N) is 6. The maximum atomic E-state index is 13.4. The fourth-order valence-corrected chi connectivity index (χ4v) is 11.4. The lowest BCUT2D eigenvalue weighted by Crippen LogP contribution is -2.47. The van der Waals surface area contributed by atoms with Gasteiger partial charge in [0.2, 0.25) is 40.7 Å². The fourth-order valence-electron chi connectivity index (χ4n) is 9.39. The van der Waals surface area contributed by atoms with Gasteiger partial charge >= 0.3 is 12.0 Å². The van der Waals surface area contributed by atoms with Gasteiger partial charge in [-0.1, -0.05) is 19.3 Å². The molecule has 428 valence electrons. The number of benzene rings is 2. The lowest BCUT2D eigenvalue weighted by Gasteiger charge is -2.23. The highest BCUT2D eigenvalue weighted by atomic mass is 32.2. The standard InChI is InChI=1S/C53H76N10O13S2/c1-3-62(30-14-32-78(72,73)74)37-21-23-39-43(34-37)75-42-33-36(20-22-38(42)57-39)61(2)31-26-46(65)55-28-13-10-15-40(52(70)56-29-12-5-7-19-50(69)76-63-48(67)24-25-49(63)68)58-47(66)18-6-4-11-27-54-45(64)17-9-8-16-44-51-41(35-77-44)59-53(71)60-51/h20-25,33-34,40-41,44,51,57H,3-19,26-32,35H2,1-2H3,(H7,54,55,56,58,59,60,64,65,66,70,71,72,73,74)/p+1/t40-,41-,44?,51-/m0/s1. The van der Waals surface area contributed by atoms with E-state index in [0.717, 1.165) is 36.1 Å². The van der Waals surface area contributed by atoms with Crippen LogP contribution in [-0.2, 0) is 34.1 Å². The number of carbonyl (C=O) groups excluding carboxylic acids is 6. The predicted molar refractivity (Wildman–Crippen MR) is 295 cm³/mol. The molecule has 1 unspecified atom stereocenters. The molecule has 1 aliphatic carbocycles. The summed E-state index contributed by atoms with van der Waals surface area (Å²) in [5.41, 5.74) is 2.69. The molecule has 9 N–H and O–H groups in total. The van der Waals surface area contributed by atoms with Crippen LogP contribution in [0.2, 0.25) is 0 Å². The first-order valence-corrected chi connectivity index (χ1v) is 29.8. The molecule has 1 aromatic carbocycles. The second kappa shape index (κ2) is 30.5. The Kier molecular flexibility index (Phi) is 23.7. The van der Waals surface area contributed by atoms with Crippen LogP contribution in [0.15, 0.2) is 52.9 Å². The Morgan fingerprint density at radius 3 is 2.24 bits per heavy atom. The van der Waals surface area contributed by atoms with E-state index < -0.39 is 33.9 Å². The smallest absolute Gasteiger partial charge is 0.333 e. The average molecular weight is 1130 g/mol. The molecule has 4 atom stereocenters. The molecule has 4 heterocycles. The van der Waals surface area contributed by atoms with E-state index in [0.29, 0.717) is 136 Å². The second-order valence-corrected chi connectivity index (χ2v) is 22.7. The van der Waals surface area contributed by atoms with E-state index in [4.69, 9.17) is 18.8 Å². The molecule has 0 saturated carbocycles. The van der Waals surface area contributed by atoms with Crippen molar-refractivity contribution in [1.82, 2.24) is 46.2 Å². The van der Waals surface area contributed by atoms with Crippen LogP contribution in [0.25, 0.3) is 22.6 Å². The zero-order chi connectivity index (χ0) is 56.0. The van der Waals surface area contributed by atoms with Crippen LogP contribution in [0, 0.1) is 0 Å². The molecule has 1 aromatic heterocycles. The summed E-state index contributed by atoms with van der Waals surface area (Å²) in [4.78, 5) is 87.5. The number of amides is 6. The van der Waals surface area contributed by atoms with Crippen molar-refractivity contribution in [3.05, 3.63) is 53.9 Å². The first kappa shape index (κ1) is 60.6. The normalized spacial score (nSPS) is 16.7. The van der Waals surface area contributed by atoms with Crippen molar-refractivity contribution in [3.8, 4) is 23.2 Å². The predicted octanol–water partition coefficient (Wildman–Crippen LogP) is 3.55. The van der Waals surface area contributed by atoms with Crippen LogP contribution >= 0.6 is 11.8 Å². The summed E-state index contributed by atoms with van der Waals surface area (Å²) >= 11 is 1.86. The Hall–Kier alpha value is -6.60. The summed E-state index contributed by atoms with van der Waals surface area (Å²) < 4.78 is 40.5. The van der Waals surface area contributed by atoms with Crippen LogP contribution in [0.4, 0.5) is 10.5 Å². The van der Waals surface area contributed by atoms with Gasteiger partial charge in [-0.05, 0) is 89.3 Å². The maximum Gasteiger partial charge on any atom is 0.333 e. The maximum absolute atomic E-state index is 13.4. The van der Waals surface area contributed by atoms with Crippen LogP contribution in [0.5, 0.6) is 11.8 Å². The van der Waals surface area contributed by atoms with Crippen molar-refractivity contribution in [1.29, 1.82) is 0 Å². The van der Waals surface area contributed by atoms with E-state index in [-0.39, 0.29) is 73.2 Å². The molecule has 2 aromatic rings. The Bertz CT molecular complexity index is 2800. The second-order valence-electron chi connectivity index (χ2n) is 19.8. The summed E-state index contributed by atoms with van der Waals surface area (Å²) in [5, 5.41) is 38.2. The fraction of sp³-hybridized carbons (Fsp3) is 0.585. The summed E-state index contributed by atoms with van der Waals surface area (Å²) in [6.07, 6.45) is 8.79.